The summed E-state index contributed by atoms with van der Waals surface area (Å²) in [5, 5.41) is 3.38. The van der Waals surface area contributed by atoms with Gasteiger partial charge in [-0.2, -0.15) is 0 Å². The average molecular weight is 297 g/mol. The third-order valence-corrected chi connectivity index (χ3v) is 5.25. The minimum atomic E-state index is -3.00. The van der Waals surface area contributed by atoms with Crippen molar-refractivity contribution in [3.63, 3.8) is 0 Å². The summed E-state index contributed by atoms with van der Waals surface area (Å²) in [7, 11) is -3.00. The second-order valence-corrected chi connectivity index (χ2v) is 7.71. The van der Waals surface area contributed by atoms with Gasteiger partial charge in [0.2, 0.25) is 0 Å². The molecule has 1 rings (SSSR count). The van der Waals surface area contributed by atoms with Gasteiger partial charge in [0.05, 0.1) is 5.75 Å². The van der Waals surface area contributed by atoms with Gasteiger partial charge in [-0.3, -0.25) is 0 Å². The Morgan fingerprint density at radius 3 is 2.40 bits per heavy atom. The summed E-state index contributed by atoms with van der Waals surface area (Å²) >= 11 is 0. The van der Waals surface area contributed by atoms with Crippen LogP contribution in [0.5, 0.6) is 0 Å². The Balaban J connectivity index is 2.99. The van der Waals surface area contributed by atoms with Gasteiger partial charge in [-0.05, 0) is 44.4 Å². The predicted octanol–water partition coefficient (Wildman–Crippen LogP) is 3.17. The van der Waals surface area contributed by atoms with Gasteiger partial charge in [-0.15, -0.1) is 0 Å². The molecule has 20 heavy (non-hydrogen) atoms. The minimum Gasteiger partial charge on any atom is -0.309 e. The fraction of sp³-hybridized carbons (Fsp3) is 0.625. The molecule has 1 atom stereocenters. The van der Waals surface area contributed by atoms with E-state index in [1.165, 1.54) is 5.56 Å². The van der Waals surface area contributed by atoms with E-state index in [-0.39, 0.29) is 17.5 Å². The molecule has 0 saturated heterocycles. The van der Waals surface area contributed by atoms with Crippen LogP contribution in [-0.2, 0) is 9.84 Å². The molecular formula is C16H27NO2S. The lowest BCUT2D eigenvalue weighted by Crippen LogP contribution is -2.30. The highest BCUT2D eigenvalue weighted by molar-refractivity contribution is 7.91. The first kappa shape index (κ1) is 17.2. The van der Waals surface area contributed by atoms with Crippen molar-refractivity contribution in [1.82, 2.24) is 5.32 Å². The lowest BCUT2D eigenvalue weighted by molar-refractivity contribution is 0.544. The number of nitrogens with one attached hydrogen (secondary N) is 1. The zero-order valence-electron chi connectivity index (χ0n) is 13.1. The van der Waals surface area contributed by atoms with E-state index < -0.39 is 9.84 Å². The van der Waals surface area contributed by atoms with Gasteiger partial charge in [0, 0.05) is 11.8 Å². The van der Waals surface area contributed by atoms with E-state index in [9.17, 15) is 8.42 Å². The lowest BCUT2D eigenvalue weighted by atomic mass is 10.00. The Bertz CT molecular complexity index is 523. The molecule has 0 aliphatic heterocycles. The Morgan fingerprint density at radius 2 is 1.85 bits per heavy atom. The first-order valence-corrected chi connectivity index (χ1v) is 9.22. The third-order valence-electron chi connectivity index (χ3n) is 3.38. The molecule has 4 heteroatoms. The van der Waals surface area contributed by atoms with E-state index in [0.717, 1.165) is 24.1 Å². The molecule has 0 aliphatic rings. The Labute approximate surface area is 123 Å². The van der Waals surface area contributed by atoms with Gasteiger partial charge in [-0.25, -0.2) is 8.42 Å². The van der Waals surface area contributed by atoms with E-state index in [0.29, 0.717) is 6.42 Å². The van der Waals surface area contributed by atoms with Crippen LogP contribution >= 0.6 is 0 Å². The van der Waals surface area contributed by atoms with Crippen molar-refractivity contribution in [1.29, 1.82) is 0 Å². The maximum absolute atomic E-state index is 12.1. The van der Waals surface area contributed by atoms with Gasteiger partial charge in [0.1, 0.15) is 0 Å². The van der Waals surface area contributed by atoms with Gasteiger partial charge in [0.15, 0.2) is 9.84 Å². The van der Waals surface area contributed by atoms with Crippen LogP contribution in [0.3, 0.4) is 0 Å². The molecule has 0 spiro atoms. The fourth-order valence-electron chi connectivity index (χ4n) is 2.44. The van der Waals surface area contributed by atoms with Crippen LogP contribution in [0.25, 0.3) is 0 Å². The van der Waals surface area contributed by atoms with Crippen LogP contribution in [-0.4, -0.2) is 26.5 Å². The van der Waals surface area contributed by atoms with E-state index in [4.69, 9.17) is 0 Å². The fourth-order valence-corrected chi connectivity index (χ4v) is 4.04. The molecule has 1 N–H and O–H groups in total. The van der Waals surface area contributed by atoms with Crippen molar-refractivity contribution in [2.45, 2.75) is 46.6 Å². The summed E-state index contributed by atoms with van der Waals surface area (Å²) in [6.45, 7) is 8.93. The molecule has 0 aliphatic carbocycles. The molecule has 1 aromatic rings. The maximum atomic E-state index is 12.1. The second-order valence-electron chi connectivity index (χ2n) is 5.48. The lowest BCUT2D eigenvalue weighted by Gasteiger charge is -2.21. The standard InChI is InChI=1S/C16H27NO2S/c1-5-9-17-16(12-20(18,19)10-6-2)15-8-7-13(3)11-14(15)4/h7-8,11,16-17H,5-6,9-10,12H2,1-4H3. The zero-order valence-corrected chi connectivity index (χ0v) is 13.9. The van der Waals surface area contributed by atoms with Crippen LogP contribution < -0.4 is 5.32 Å². The molecule has 1 aromatic carbocycles. The molecule has 114 valence electrons. The van der Waals surface area contributed by atoms with Crippen molar-refractivity contribution in [3.8, 4) is 0 Å². The molecule has 0 aromatic heterocycles. The molecule has 0 radical (unpaired) electrons. The number of hydrogen-bond donors (Lipinski definition) is 1. The highest BCUT2D eigenvalue weighted by Gasteiger charge is 2.21. The number of sulfone groups is 1. The van der Waals surface area contributed by atoms with Gasteiger partial charge in [-0.1, -0.05) is 37.6 Å². The molecule has 1 unspecified atom stereocenters. The number of aryl methyl sites for hydroxylation is 2. The number of benzene rings is 1. The predicted molar refractivity (Wildman–Crippen MR) is 85.9 cm³/mol. The Kier molecular flexibility index (Phi) is 6.69. The van der Waals surface area contributed by atoms with Gasteiger partial charge < -0.3 is 5.32 Å². The highest BCUT2D eigenvalue weighted by Crippen LogP contribution is 2.21. The van der Waals surface area contributed by atoms with Crippen LogP contribution in [0.1, 0.15) is 49.4 Å². The molecule has 0 bridgehead atoms. The van der Waals surface area contributed by atoms with E-state index in [1.807, 2.05) is 6.92 Å². The highest BCUT2D eigenvalue weighted by atomic mass is 32.2. The topological polar surface area (TPSA) is 46.2 Å². The van der Waals surface area contributed by atoms with Crippen LogP contribution in [0.4, 0.5) is 0 Å². The molecule has 0 amide bonds. The van der Waals surface area contributed by atoms with E-state index in [2.05, 4.69) is 44.3 Å². The quantitative estimate of drug-likeness (QED) is 0.801. The van der Waals surface area contributed by atoms with Crippen molar-refractivity contribution in [3.05, 3.63) is 34.9 Å². The summed E-state index contributed by atoms with van der Waals surface area (Å²) < 4.78 is 24.2. The maximum Gasteiger partial charge on any atom is 0.152 e. The molecule has 0 heterocycles. The molecule has 3 nitrogen and oxygen atoms in total. The van der Waals surface area contributed by atoms with Crippen molar-refractivity contribution in [2.24, 2.45) is 0 Å². The van der Waals surface area contributed by atoms with Crippen molar-refractivity contribution in [2.75, 3.05) is 18.1 Å². The first-order valence-electron chi connectivity index (χ1n) is 7.40. The van der Waals surface area contributed by atoms with Crippen molar-refractivity contribution < 1.29 is 8.42 Å². The summed E-state index contributed by atoms with van der Waals surface area (Å²) in [5.74, 6) is 0.451. The largest absolute Gasteiger partial charge is 0.309 e. The van der Waals surface area contributed by atoms with E-state index >= 15 is 0 Å². The molecule has 0 fully saturated rings. The molecular weight excluding hydrogens is 270 g/mol. The third kappa shape index (κ3) is 5.25. The van der Waals surface area contributed by atoms with Crippen molar-refractivity contribution >= 4 is 9.84 Å². The summed E-state index contributed by atoms with van der Waals surface area (Å²) in [6.07, 6.45) is 1.67. The second kappa shape index (κ2) is 7.79. The number of rotatable bonds is 8. The molecule has 0 saturated carbocycles. The summed E-state index contributed by atoms with van der Waals surface area (Å²) in [4.78, 5) is 0. The number of hydrogen-bond acceptors (Lipinski definition) is 3. The summed E-state index contributed by atoms with van der Waals surface area (Å²) in [6, 6.07) is 6.11. The Hall–Kier alpha value is -0.870. The van der Waals surface area contributed by atoms with Gasteiger partial charge >= 0.3 is 0 Å². The monoisotopic (exact) mass is 297 g/mol. The Morgan fingerprint density at radius 1 is 1.15 bits per heavy atom. The SMILES string of the molecule is CCCNC(CS(=O)(=O)CCC)c1ccc(C)cc1C. The van der Waals surface area contributed by atoms with Crippen LogP contribution in [0.15, 0.2) is 18.2 Å². The minimum absolute atomic E-state index is 0.105. The smallest absolute Gasteiger partial charge is 0.152 e. The first-order chi connectivity index (χ1) is 9.39. The normalized spacial score (nSPS) is 13.4. The van der Waals surface area contributed by atoms with Crippen LogP contribution in [0.2, 0.25) is 0 Å². The average Bonchev–Trinajstić information content (AvgIpc) is 2.34. The summed E-state index contributed by atoms with van der Waals surface area (Å²) in [5.41, 5.74) is 3.46. The van der Waals surface area contributed by atoms with E-state index in [1.54, 1.807) is 0 Å². The van der Waals surface area contributed by atoms with Gasteiger partial charge in [0.25, 0.3) is 0 Å². The van der Waals surface area contributed by atoms with Crippen LogP contribution in [0, 0.1) is 13.8 Å². The zero-order chi connectivity index (χ0) is 15.2.